The molecule has 0 atom stereocenters. The summed E-state index contributed by atoms with van der Waals surface area (Å²) in [6.07, 6.45) is 2.81. The molecule has 0 fully saturated rings. The molecular formula is C12H30N2Ti. The van der Waals surface area contributed by atoms with E-state index in [1.54, 1.807) is 0 Å². The molecule has 0 spiro atoms. The van der Waals surface area contributed by atoms with Gasteiger partial charge in [0.2, 0.25) is 0 Å². The zero-order valence-electron chi connectivity index (χ0n) is 11.6. The van der Waals surface area contributed by atoms with Crippen molar-refractivity contribution < 1.29 is 16.6 Å². The van der Waals surface area contributed by atoms with Gasteiger partial charge in [-0.15, -0.1) is 0 Å². The van der Waals surface area contributed by atoms with Crippen molar-refractivity contribution in [3.63, 3.8) is 0 Å². The number of nitrogens with zero attached hydrogens (tertiary/aromatic N) is 2. The van der Waals surface area contributed by atoms with Gasteiger partial charge in [0.15, 0.2) is 0 Å². The Bertz CT molecular complexity index is 140. The molecule has 15 heavy (non-hydrogen) atoms. The number of hydrogen-bond donors (Lipinski definition) is 0. The van der Waals surface area contributed by atoms with Crippen molar-refractivity contribution in [2.24, 2.45) is 0 Å². The molecule has 3 heteroatoms. The minimum atomic E-state index is -1.38. The molecular weight excluding hydrogens is 220 g/mol. The molecule has 2 nitrogen and oxygen atoms in total. The van der Waals surface area contributed by atoms with Crippen LogP contribution in [-0.4, -0.2) is 51.1 Å². The summed E-state index contributed by atoms with van der Waals surface area (Å²) in [5.74, 6) is 0. The first-order chi connectivity index (χ1) is 6.83. The van der Waals surface area contributed by atoms with E-state index in [0.717, 1.165) is 0 Å². The Balaban J connectivity index is 3.57. The van der Waals surface area contributed by atoms with E-state index in [1.807, 2.05) is 0 Å². The molecule has 0 N–H and O–H groups in total. The molecule has 0 aromatic heterocycles. The SMILES string of the molecule is CN(C)CC[CH2][Ti]([CH3])([CH3])[CH2]CCN(C)C. The Kier molecular flexibility index (Phi) is 8.17. The molecule has 0 aliphatic carbocycles. The van der Waals surface area contributed by atoms with E-state index < -0.39 is 16.6 Å². The molecule has 0 amide bonds. The first-order valence-corrected chi connectivity index (χ1v) is 11.5. The van der Waals surface area contributed by atoms with Gasteiger partial charge >= 0.3 is 100 Å². The average Bonchev–Trinajstić information content (AvgIpc) is 2.01. The number of rotatable bonds is 8. The third-order valence-corrected chi connectivity index (χ3v) is 8.25. The fourth-order valence-corrected chi connectivity index (χ4v) is 5.75. The van der Waals surface area contributed by atoms with Gasteiger partial charge < -0.3 is 0 Å². The second kappa shape index (κ2) is 7.83. The molecule has 0 saturated carbocycles. The van der Waals surface area contributed by atoms with Crippen LogP contribution in [0.5, 0.6) is 0 Å². The van der Waals surface area contributed by atoms with Crippen molar-refractivity contribution in [2.75, 3.05) is 41.3 Å². The van der Waals surface area contributed by atoms with Crippen LogP contribution in [0.2, 0.25) is 19.9 Å². The minimum absolute atomic E-state index is 1.27. The summed E-state index contributed by atoms with van der Waals surface area (Å²) >= 11 is -1.38. The van der Waals surface area contributed by atoms with Crippen LogP contribution in [0, 0.1) is 0 Å². The van der Waals surface area contributed by atoms with Gasteiger partial charge in [-0.05, 0) is 0 Å². The average molecular weight is 250 g/mol. The first-order valence-electron chi connectivity index (χ1n) is 6.13. The zero-order chi connectivity index (χ0) is 11.9. The van der Waals surface area contributed by atoms with Crippen molar-refractivity contribution in [1.82, 2.24) is 9.80 Å². The van der Waals surface area contributed by atoms with Gasteiger partial charge in [0.1, 0.15) is 0 Å². The second-order valence-corrected chi connectivity index (χ2v) is 14.3. The molecule has 0 aliphatic rings. The summed E-state index contributed by atoms with van der Waals surface area (Å²) in [6.45, 7) is 2.53. The Morgan fingerprint density at radius 3 is 1.33 bits per heavy atom. The summed E-state index contributed by atoms with van der Waals surface area (Å²) < 4.78 is 3.07. The van der Waals surface area contributed by atoms with Crippen LogP contribution in [0.25, 0.3) is 0 Å². The number of hydrogen-bond acceptors (Lipinski definition) is 2. The van der Waals surface area contributed by atoms with E-state index in [4.69, 9.17) is 0 Å². The fraction of sp³-hybridized carbons (Fsp3) is 1.00. The first kappa shape index (κ1) is 15.6. The van der Waals surface area contributed by atoms with Gasteiger partial charge in [-0.3, -0.25) is 0 Å². The summed E-state index contributed by atoms with van der Waals surface area (Å²) in [5.41, 5.74) is 0. The van der Waals surface area contributed by atoms with E-state index in [-0.39, 0.29) is 0 Å². The molecule has 0 aromatic carbocycles. The standard InChI is InChI=1S/2C5H12N.2CH3.Ti/c2*1-4-5-6(2)3;;;/h2*1,4-5H2,2-3H3;2*1H3;. The zero-order valence-corrected chi connectivity index (χ0v) is 13.2. The third-order valence-electron chi connectivity index (χ3n) is 2.92. The van der Waals surface area contributed by atoms with Crippen LogP contribution in [0.15, 0.2) is 0 Å². The van der Waals surface area contributed by atoms with E-state index in [0.29, 0.717) is 0 Å². The quantitative estimate of drug-likeness (QED) is 0.611. The van der Waals surface area contributed by atoms with Gasteiger partial charge in [0, 0.05) is 0 Å². The van der Waals surface area contributed by atoms with Crippen LogP contribution < -0.4 is 0 Å². The van der Waals surface area contributed by atoms with Crippen molar-refractivity contribution in [3.8, 4) is 0 Å². The molecule has 0 aromatic rings. The Hall–Kier alpha value is 0.634. The maximum atomic E-state index is 2.59. The van der Waals surface area contributed by atoms with Crippen LogP contribution in [0.1, 0.15) is 12.8 Å². The molecule has 0 heterocycles. The molecule has 0 radical (unpaired) electrons. The van der Waals surface area contributed by atoms with E-state index in [2.05, 4.69) is 48.4 Å². The van der Waals surface area contributed by atoms with Gasteiger partial charge in [0.25, 0.3) is 0 Å². The second-order valence-electron chi connectivity index (χ2n) is 5.98. The molecule has 0 aliphatic heterocycles. The Labute approximate surface area is 100 Å². The van der Waals surface area contributed by atoms with Gasteiger partial charge in [0.05, 0.1) is 0 Å². The maximum absolute atomic E-state index is 2.59. The predicted octanol–water partition coefficient (Wildman–Crippen LogP) is 2.98. The molecule has 0 bridgehead atoms. The summed E-state index contributed by atoms with van der Waals surface area (Å²) in [4.78, 5) is 4.61. The third kappa shape index (κ3) is 10.9. The van der Waals surface area contributed by atoms with Crippen LogP contribution in [0.4, 0.5) is 0 Å². The van der Waals surface area contributed by atoms with Crippen LogP contribution in [0.3, 0.4) is 0 Å². The van der Waals surface area contributed by atoms with Crippen molar-refractivity contribution in [1.29, 1.82) is 0 Å². The fourth-order valence-electron chi connectivity index (χ4n) is 1.87. The Morgan fingerprint density at radius 2 is 1.07 bits per heavy atom. The predicted molar refractivity (Wildman–Crippen MR) is 67.7 cm³/mol. The van der Waals surface area contributed by atoms with Gasteiger partial charge in [-0.2, -0.15) is 0 Å². The summed E-state index contributed by atoms with van der Waals surface area (Å²) in [5, 5.41) is 5.18. The van der Waals surface area contributed by atoms with Crippen molar-refractivity contribution in [3.05, 3.63) is 0 Å². The monoisotopic (exact) mass is 250 g/mol. The van der Waals surface area contributed by atoms with Crippen molar-refractivity contribution >= 4 is 0 Å². The van der Waals surface area contributed by atoms with E-state index in [9.17, 15) is 0 Å². The summed E-state index contributed by atoms with van der Waals surface area (Å²) in [7, 11) is 8.69. The summed E-state index contributed by atoms with van der Waals surface area (Å²) in [6, 6.07) is 0. The van der Waals surface area contributed by atoms with Crippen molar-refractivity contribution in [2.45, 2.75) is 32.7 Å². The molecule has 92 valence electrons. The van der Waals surface area contributed by atoms with E-state index in [1.165, 1.54) is 35.4 Å². The van der Waals surface area contributed by atoms with E-state index >= 15 is 0 Å². The normalized spacial score (nSPS) is 12.8. The Morgan fingerprint density at radius 1 is 0.733 bits per heavy atom. The molecule has 0 rings (SSSR count). The van der Waals surface area contributed by atoms with Crippen LogP contribution in [-0.2, 0) is 16.6 Å². The molecule has 0 unspecified atom stereocenters. The van der Waals surface area contributed by atoms with Gasteiger partial charge in [-0.25, -0.2) is 0 Å². The van der Waals surface area contributed by atoms with Crippen LogP contribution >= 0.6 is 0 Å². The molecule has 0 saturated heterocycles. The topological polar surface area (TPSA) is 6.48 Å². The van der Waals surface area contributed by atoms with Gasteiger partial charge in [-0.1, -0.05) is 0 Å².